The average Bonchev–Trinajstić information content (AvgIpc) is 2.99. The number of hydrogen-bond donors (Lipinski definition) is 2. The van der Waals surface area contributed by atoms with Crippen molar-refractivity contribution in [3.63, 3.8) is 0 Å². The first-order valence-corrected chi connectivity index (χ1v) is 11.3. The molecule has 1 aliphatic heterocycles. The van der Waals surface area contributed by atoms with Crippen LogP contribution in [0.3, 0.4) is 0 Å². The summed E-state index contributed by atoms with van der Waals surface area (Å²) in [6.45, 7) is 4.01. The standard InChI is InChI=1S/C22H25N5O3S/c1-14-8-10-22(11-9-14)19(29)27(21(30)25-22)26-18(28)13-31-20-23-15(2)12-17(24-20)16-6-4-3-5-7-16/h3-7,12,14H,8-11,13H2,1-2H3,(H,25,30)(H,26,28). The van der Waals surface area contributed by atoms with Gasteiger partial charge in [0.05, 0.1) is 11.4 Å². The Morgan fingerprint density at radius 3 is 2.65 bits per heavy atom. The van der Waals surface area contributed by atoms with Crippen LogP contribution in [0.4, 0.5) is 4.79 Å². The van der Waals surface area contributed by atoms with Crippen LogP contribution in [0.1, 0.15) is 38.3 Å². The molecule has 2 aliphatic rings. The second-order valence-corrected chi connectivity index (χ2v) is 9.14. The topological polar surface area (TPSA) is 104 Å². The number of benzene rings is 1. The molecular weight excluding hydrogens is 414 g/mol. The van der Waals surface area contributed by atoms with Gasteiger partial charge in [-0.25, -0.2) is 14.8 Å². The number of hydrogen-bond acceptors (Lipinski definition) is 6. The summed E-state index contributed by atoms with van der Waals surface area (Å²) in [4.78, 5) is 46.6. The fourth-order valence-corrected chi connectivity index (χ4v) is 4.66. The first kappa shape index (κ1) is 21.3. The largest absolute Gasteiger partial charge is 0.344 e. The minimum absolute atomic E-state index is 0.0151. The van der Waals surface area contributed by atoms with Gasteiger partial charge in [-0.3, -0.25) is 15.0 Å². The molecule has 4 amide bonds. The van der Waals surface area contributed by atoms with Gasteiger partial charge in [-0.2, -0.15) is 5.01 Å². The number of hydrazine groups is 1. The van der Waals surface area contributed by atoms with E-state index in [4.69, 9.17) is 0 Å². The molecule has 0 bridgehead atoms. The van der Waals surface area contributed by atoms with Gasteiger partial charge in [0.2, 0.25) is 5.91 Å². The Kier molecular flexibility index (Phi) is 5.95. The highest BCUT2D eigenvalue weighted by atomic mass is 32.2. The summed E-state index contributed by atoms with van der Waals surface area (Å²) in [5, 5.41) is 4.08. The smallest absolute Gasteiger partial charge is 0.322 e. The average molecular weight is 440 g/mol. The van der Waals surface area contributed by atoms with Crippen LogP contribution in [0.5, 0.6) is 0 Å². The van der Waals surface area contributed by atoms with E-state index < -0.39 is 17.5 Å². The van der Waals surface area contributed by atoms with Crippen LogP contribution in [-0.4, -0.2) is 44.1 Å². The number of rotatable bonds is 5. The molecule has 2 fully saturated rings. The van der Waals surface area contributed by atoms with Gasteiger partial charge in [0.25, 0.3) is 5.91 Å². The molecule has 2 N–H and O–H groups in total. The fourth-order valence-electron chi connectivity index (χ4n) is 3.97. The van der Waals surface area contributed by atoms with Crippen molar-refractivity contribution in [2.45, 2.75) is 50.2 Å². The molecule has 0 atom stereocenters. The Hall–Kier alpha value is -2.94. The number of urea groups is 1. The van der Waals surface area contributed by atoms with Gasteiger partial charge in [0, 0.05) is 11.3 Å². The zero-order valence-electron chi connectivity index (χ0n) is 17.6. The molecule has 31 heavy (non-hydrogen) atoms. The van der Waals surface area contributed by atoms with Gasteiger partial charge in [-0.15, -0.1) is 0 Å². The number of carbonyl (C=O) groups is 3. The molecule has 0 radical (unpaired) electrons. The third-order valence-corrected chi connectivity index (χ3v) is 6.61. The lowest BCUT2D eigenvalue weighted by Crippen LogP contribution is -2.51. The number of aromatic nitrogens is 2. The lowest BCUT2D eigenvalue weighted by Gasteiger charge is -2.33. The SMILES string of the molecule is Cc1cc(-c2ccccc2)nc(SCC(=O)NN2C(=O)NC3(CCC(C)CC3)C2=O)n1. The molecule has 1 spiro atoms. The van der Waals surface area contributed by atoms with Crippen molar-refractivity contribution in [3.05, 3.63) is 42.1 Å². The van der Waals surface area contributed by atoms with Crippen molar-refractivity contribution < 1.29 is 14.4 Å². The van der Waals surface area contributed by atoms with Crippen LogP contribution >= 0.6 is 11.8 Å². The molecule has 1 saturated carbocycles. The van der Waals surface area contributed by atoms with E-state index >= 15 is 0 Å². The van der Waals surface area contributed by atoms with Gasteiger partial charge in [-0.1, -0.05) is 49.0 Å². The number of carbonyl (C=O) groups excluding carboxylic acids is 3. The fraction of sp³-hybridized carbons (Fsp3) is 0.409. The normalized spacial score (nSPS) is 23.2. The van der Waals surface area contributed by atoms with E-state index in [1.165, 1.54) is 0 Å². The van der Waals surface area contributed by atoms with Crippen molar-refractivity contribution in [3.8, 4) is 11.3 Å². The molecule has 8 nitrogen and oxygen atoms in total. The molecular formula is C22H25N5O3S. The Bertz CT molecular complexity index is 1010. The minimum atomic E-state index is -0.881. The highest BCUT2D eigenvalue weighted by Crippen LogP contribution is 2.35. The van der Waals surface area contributed by atoms with E-state index in [0.717, 1.165) is 46.6 Å². The van der Waals surface area contributed by atoms with Crippen LogP contribution in [0.15, 0.2) is 41.6 Å². The minimum Gasteiger partial charge on any atom is -0.322 e. The van der Waals surface area contributed by atoms with E-state index in [9.17, 15) is 14.4 Å². The molecule has 0 unspecified atom stereocenters. The first-order valence-electron chi connectivity index (χ1n) is 10.4. The number of imide groups is 1. The number of amides is 4. The second kappa shape index (κ2) is 8.66. The number of nitrogens with one attached hydrogen (secondary N) is 2. The Labute approximate surface area is 185 Å². The lowest BCUT2D eigenvalue weighted by atomic mass is 9.77. The molecule has 4 rings (SSSR count). The molecule has 9 heteroatoms. The van der Waals surface area contributed by atoms with Crippen LogP contribution in [0.2, 0.25) is 0 Å². The van der Waals surface area contributed by atoms with E-state index in [-0.39, 0.29) is 11.7 Å². The van der Waals surface area contributed by atoms with Gasteiger partial charge >= 0.3 is 6.03 Å². The second-order valence-electron chi connectivity index (χ2n) is 8.20. The quantitative estimate of drug-likeness (QED) is 0.422. The van der Waals surface area contributed by atoms with E-state index in [1.807, 2.05) is 43.3 Å². The molecule has 2 aromatic rings. The maximum atomic E-state index is 12.9. The Balaban J connectivity index is 1.38. The summed E-state index contributed by atoms with van der Waals surface area (Å²) in [5.74, 6) is -0.314. The highest BCUT2D eigenvalue weighted by Gasteiger charge is 2.52. The van der Waals surface area contributed by atoms with Crippen LogP contribution in [0, 0.1) is 12.8 Å². The third kappa shape index (κ3) is 4.56. The number of nitrogens with zero attached hydrogens (tertiary/aromatic N) is 3. The molecule has 2 heterocycles. The molecule has 1 aliphatic carbocycles. The molecule has 1 aromatic heterocycles. The Morgan fingerprint density at radius 1 is 1.23 bits per heavy atom. The van der Waals surface area contributed by atoms with E-state index in [1.54, 1.807) is 0 Å². The van der Waals surface area contributed by atoms with Crippen molar-refractivity contribution in [2.75, 3.05) is 5.75 Å². The van der Waals surface area contributed by atoms with E-state index in [2.05, 4.69) is 27.6 Å². The van der Waals surface area contributed by atoms with Crippen molar-refractivity contribution >= 4 is 29.6 Å². The van der Waals surface area contributed by atoms with Gasteiger partial charge < -0.3 is 5.32 Å². The summed E-state index contributed by atoms with van der Waals surface area (Å²) in [7, 11) is 0. The van der Waals surface area contributed by atoms with E-state index in [0.29, 0.717) is 23.9 Å². The summed E-state index contributed by atoms with van der Waals surface area (Å²) in [6, 6.07) is 11.0. The molecule has 1 saturated heterocycles. The van der Waals surface area contributed by atoms with Crippen LogP contribution < -0.4 is 10.7 Å². The van der Waals surface area contributed by atoms with Gasteiger partial charge in [0.1, 0.15) is 5.54 Å². The van der Waals surface area contributed by atoms with Gasteiger partial charge in [-0.05, 0) is 44.6 Å². The zero-order valence-corrected chi connectivity index (χ0v) is 18.4. The predicted octanol–water partition coefficient (Wildman–Crippen LogP) is 3.08. The monoisotopic (exact) mass is 439 g/mol. The highest BCUT2D eigenvalue weighted by molar-refractivity contribution is 7.99. The number of thioether (sulfide) groups is 1. The van der Waals surface area contributed by atoms with Crippen LogP contribution in [-0.2, 0) is 9.59 Å². The Morgan fingerprint density at radius 2 is 1.94 bits per heavy atom. The lowest BCUT2D eigenvalue weighted by molar-refractivity contribution is -0.139. The van der Waals surface area contributed by atoms with Crippen LogP contribution in [0.25, 0.3) is 11.3 Å². The van der Waals surface area contributed by atoms with Crippen molar-refractivity contribution in [1.82, 2.24) is 25.7 Å². The number of aryl methyl sites for hydroxylation is 1. The summed E-state index contributed by atoms with van der Waals surface area (Å²) >= 11 is 1.16. The summed E-state index contributed by atoms with van der Waals surface area (Å²) in [6.07, 6.45) is 2.94. The maximum absolute atomic E-state index is 12.9. The van der Waals surface area contributed by atoms with Crippen molar-refractivity contribution in [1.29, 1.82) is 0 Å². The van der Waals surface area contributed by atoms with Crippen molar-refractivity contribution in [2.24, 2.45) is 5.92 Å². The molecule has 1 aromatic carbocycles. The first-order chi connectivity index (χ1) is 14.9. The molecule has 162 valence electrons. The maximum Gasteiger partial charge on any atom is 0.344 e. The third-order valence-electron chi connectivity index (χ3n) is 5.76. The summed E-state index contributed by atoms with van der Waals surface area (Å²) < 4.78 is 0. The van der Waals surface area contributed by atoms with Gasteiger partial charge in [0.15, 0.2) is 5.16 Å². The zero-order chi connectivity index (χ0) is 22.0. The predicted molar refractivity (Wildman–Crippen MR) is 117 cm³/mol. The summed E-state index contributed by atoms with van der Waals surface area (Å²) in [5.41, 5.74) is 4.10.